The zero-order chi connectivity index (χ0) is 19.2. The summed E-state index contributed by atoms with van der Waals surface area (Å²) in [5, 5.41) is 4.81. The van der Waals surface area contributed by atoms with Gasteiger partial charge in [-0.05, 0) is 31.5 Å². The molecule has 2 heterocycles. The fourth-order valence-corrected chi connectivity index (χ4v) is 2.86. The summed E-state index contributed by atoms with van der Waals surface area (Å²) in [4.78, 5) is 19.7. The van der Waals surface area contributed by atoms with Gasteiger partial charge in [0.2, 0.25) is 0 Å². The molecule has 0 bridgehead atoms. The van der Waals surface area contributed by atoms with E-state index in [0.717, 1.165) is 12.1 Å². The van der Waals surface area contributed by atoms with Crippen molar-refractivity contribution >= 4 is 11.0 Å². The largest absolute Gasteiger partial charge is 0.416 e. The third-order valence-corrected chi connectivity index (χ3v) is 4.39. The number of nitrogens with zero attached hydrogens (tertiary/aromatic N) is 3. The Balaban J connectivity index is 2.11. The molecule has 0 aliphatic heterocycles. The van der Waals surface area contributed by atoms with Gasteiger partial charge in [0.15, 0.2) is 5.65 Å². The zero-order valence-corrected chi connectivity index (χ0v) is 14.8. The van der Waals surface area contributed by atoms with E-state index in [2.05, 4.69) is 15.1 Å². The van der Waals surface area contributed by atoms with E-state index in [1.165, 1.54) is 12.1 Å². The Morgan fingerprint density at radius 3 is 2.27 bits per heavy atom. The zero-order valence-electron chi connectivity index (χ0n) is 14.8. The van der Waals surface area contributed by atoms with Gasteiger partial charge in [-0.1, -0.05) is 26.0 Å². The highest BCUT2D eigenvalue weighted by Crippen LogP contribution is 2.31. The van der Waals surface area contributed by atoms with Gasteiger partial charge in [0.1, 0.15) is 11.2 Å². The number of alkyl halides is 3. The Kier molecular flexibility index (Phi) is 4.37. The number of benzene rings is 1. The summed E-state index contributed by atoms with van der Waals surface area (Å²) in [5.74, 6) is 0.570. The first kappa shape index (κ1) is 18.2. The second kappa shape index (κ2) is 6.26. The maximum atomic E-state index is 12.8. The Bertz CT molecular complexity index is 1000. The first-order chi connectivity index (χ1) is 12.1. The van der Waals surface area contributed by atoms with E-state index in [1.807, 2.05) is 20.8 Å². The van der Waals surface area contributed by atoms with Crippen molar-refractivity contribution in [2.24, 2.45) is 0 Å². The van der Waals surface area contributed by atoms with Crippen LogP contribution in [0.3, 0.4) is 0 Å². The average molecular weight is 364 g/mol. The summed E-state index contributed by atoms with van der Waals surface area (Å²) in [6.07, 6.45) is -4.38. The number of aromatic nitrogens is 4. The van der Waals surface area contributed by atoms with Crippen molar-refractivity contribution in [3.63, 3.8) is 0 Å². The molecule has 1 unspecified atom stereocenters. The SMILES string of the molecule is Cc1nn(C(C)c2ccc(C(F)(F)F)cc2)c2nc(C(C)C)[nH]c(=O)c12. The van der Waals surface area contributed by atoms with Crippen LogP contribution < -0.4 is 5.56 Å². The highest BCUT2D eigenvalue weighted by molar-refractivity contribution is 5.77. The quantitative estimate of drug-likeness (QED) is 0.758. The van der Waals surface area contributed by atoms with E-state index in [9.17, 15) is 18.0 Å². The minimum Gasteiger partial charge on any atom is -0.310 e. The topological polar surface area (TPSA) is 63.6 Å². The lowest BCUT2D eigenvalue weighted by Gasteiger charge is -2.15. The molecule has 138 valence electrons. The molecule has 0 aliphatic carbocycles. The van der Waals surface area contributed by atoms with Gasteiger partial charge in [-0.3, -0.25) is 4.79 Å². The molecule has 2 aromatic heterocycles. The summed E-state index contributed by atoms with van der Waals surface area (Å²) in [5.41, 5.74) is 0.648. The molecule has 1 N–H and O–H groups in total. The van der Waals surface area contributed by atoms with Gasteiger partial charge in [0.25, 0.3) is 5.56 Å². The van der Waals surface area contributed by atoms with Gasteiger partial charge in [0, 0.05) is 5.92 Å². The molecule has 1 atom stereocenters. The number of fused-ring (bicyclic) bond motifs is 1. The van der Waals surface area contributed by atoms with Gasteiger partial charge in [-0.2, -0.15) is 18.3 Å². The Hall–Kier alpha value is -2.64. The van der Waals surface area contributed by atoms with Crippen LogP contribution in [-0.4, -0.2) is 19.7 Å². The molecule has 0 aliphatic rings. The van der Waals surface area contributed by atoms with Crippen LogP contribution in [0.4, 0.5) is 13.2 Å². The Morgan fingerprint density at radius 2 is 1.73 bits per heavy atom. The minimum absolute atomic E-state index is 0.0251. The number of rotatable bonds is 3. The fraction of sp³-hybridized carbons (Fsp3) is 0.389. The number of nitrogens with one attached hydrogen (secondary N) is 1. The third kappa shape index (κ3) is 3.11. The number of hydrogen-bond donors (Lipinski definition) is 1. The number of halogens is 3. The van der Waals surface area contributed by atoms with Crippen LogP contribution in [0.1, 0.15) is 55.4 Å². The second-order valence-electron chi connectivity index (χ2n) is 6.63. The maximum Gasteiger partial charge on any atom is 0.416 e. The van der Waals surface area contributed by atoms with Gasteiger partial charge in [-0.25, -0.2) is 9.67 Å². The van der Waals surface area contributed by atoms with Crippen LogP contribution in [0.5, 0.6) is 0 Å². The van der Waals surface area contributed by atoms with E-state index < -0.39 is 11.7 Å². The van der Waals surface area contributed by atoms with Crippen LogP contribution in [0, 0.1) is 6.92 Å². The smallest absolute Gasteiger partial charge is 0.310 e. The molecule has 26 heavy (non-hydrogen) atoms. The first-order valence-corrected chi connectivity index (χ1v) is 8.25. The van der Waals surface area contributed by atoms with Gasteiger partial charge in [-0.15, -0.1) is 0 Å². The van der Waals surface area contributed by atoms with Crippen LogP contribution in [0.2, 0.25) is 0 Å². The molecule has 0 spiro atoms. The molecule has 0 radical (unpaired) electrons. The predicted octanol–water partition coefficient (Wildman–Crippen LogP) is 4.18. The summed E-state index contributed by atoms with van der Waals surface area (Å²) in [6.45, 7) is 7.35. The molecule has 3 aromatic rings. The lowest BCUT2D eigenvalue weighted by Crippen LogP contribution is -2.15. The summed E-state index contributed by atoms with van der Waals surface area (Å²) in [7, 11) is 0. The van der Waals surface area contributed by atoms with Gasteiger partial charge in [0.05, 0.1) is 17.3 Å². The van der Waals surface area contributed by atoms with E-state index in [1.54, 1.807) is 11.6 Å². The Morgan fingerprint density at radius 1 is 1.12 bits per heavy atom. The van der Waals surface area contributed by atoms with E-state index in [4.69, 9.17) is 0 Å². The standard InChI is InChI=1S/C18H19F3N4O/c1-9(2)15-22-16-14(17(26)23-15)10(3)24-25(16)11(4)12-5-7-13(8-6-12)18(19,20)21/h5-9,11H,1-4H3,(H,22,23,26). The van der Waals surface area contributed by atoms with Crippen LogP contribution in [0.15, 0.2) is 29.1 Å². The fourth-order valence-electron chi connectivity index (χ4n) is 2.86. The predicted molar refractivity (Wildman–Crippen MR) is 92.2 cm³/mol. The first-order valence-electron chi connectivity index (χ1n) is 8.25. The van der Waals surface area contributed by atoms with Crippen molar-refractivity contribution in [1.82, 2.24) is 19.7 Å². The molecule has 0 saturated carbocycles. The second-order valence-corrected chi connectivity index (χ2v) is 6.63. The minimum atomic E-state index is -4.38. The van der Waals surface area contributed by atoms with E-state index >= 15 is 0 Å². The average Bonchev–Trinajstić information content (AvgIpc) is 2.90. The molecular formula is C18H19F3N4O. The molecule has 0 saturated heterocycles. The number of H-pyrrole nitrogens is 1. The molecule has 0 amide bonds. The molecule has 1 aromatic carbocycles. The van der Waals surface area contributed by atoms with Crippen LogP contribution in [0.25, 0.3) is 11.0 Å². The van der Waals surface area contributed by atoms with Crippen molar-refractivity contribution < 1.29 is 13.2 Å². The van der Waals surface area contributed by atoms with Gasteiger partial charge < -0.3 is 4.98 Å². The summed E-state index contributed by atoms with van der Waals surface area (Å²) in [6, 6.07) is 4.57. The van der Waals surface area contributed by atoms with Crippen molar-refractivity contribution in [3.8, 4) is 0 Å². The van der Waals surface area contributed by atoms with Crippen molar-refractivity contribution in [1.29, 1.82) is 0 Å². The van der Waals surface area contributed by atoms with Crippen molar-refractivity contribution in [3.05, 3.63) is 57.3 Å². The van der Waals surface area contributed by atoms with Crippen LogP contribution >= 0.6 is 0 Å². The monoisotopic (exact) mass is 364 g/mol. The highest BCUT2D eigenvalue weighted by atomic mass is 19.4. The van der Waals surface area contributed by atoms with E-state index in [-0.39, 0.29) is 17.5 Å². The normalized spacial score (nSPS) is 13.5. The third-order valence-electron chi connectivity index (χ3n) is 4.39. The van der Waals surface area contributed by atoms with Crippen molar-refractivity contribution in [2.75, 3.05) is 0 Å². The number of hydrogen-bond acceptors (Lipinski definition) is 3. The lowest BCUT2D eigenvalue weighted by atomic mass is 10.1. The molecule has 3 rings (SSSR count). The maximum absolute atomic E-state index is 12.8. The summed E-state index contributed by atoms with van der Waals surface area (Å²) < 4.78 is 39.9. The molecule has 5 nitrogen and oxygen atoms in total. The lowest BCUT2D eigenvalue weighted by molar-refractivity contribution is -0.137. The van der Waals surface area contributed by atoms with Crippen molar-refractivity contribution in [2.45, 2.75) is 45.8 Å². The highest BCUT2D eigenvalue weighted by Gasteiger charge is 2.30. The Labute approximate surface area is 147 Å². The number of aromatic amines is 1. The summed E-state index contributed by atoms with van der Waals surface area (Å²) >= 11 is 0. The van der Waals surface area contributed by atoms with Crippen LogP contribution in [-0.2, 0) is 6.18 Å². The molecule has 0 fully saturated rings. The molecular weight excluding hydrogens is 345 g/mol. The van der Waals surface area contributed by atoms with Gasteiger partial charge >= 0.3 is 6.18 Å². The molecule has 8 heteroatoms. The van der Waals surface area contributed by atoms with E-state index in [0.29, 0.717) is 28.1 Å². The number of aryl methyl sites for hydroxylation is 1.